The summed E-state index contributed by atoms with van der Waals surface area (Å²) >= 11 is 6.06. The number of benzene rings is 1. The highest BCUT2D eigenvalue weighted by Crippen LogP contribution is 2.23. The molecule has 2 rings (SSSR count). The highest BCUT2D eigenvalue weighted by Gasteiger charge is 2.08. The van der Waals surface area contributed by atoms with Crippen LogP contribution in [0.4, 0.5) is 0 Å². The molecule has 0 radical (unpaired) electrons. The van der Waals surface area contributed by atoms with Gasteiger partial charge in [-0.25, -0.2) is 4.98 Å². The van der Waals surface area contributed by atoms with E-state index in [0.717, 1.165) is 36.6 Å². The lowest BCUT2D eigenvalue weighted by Gasteiger charge is -2.12. The molecule has 0 atom stereocenters. The maximum atomic E-state index is 6.06. The van der Waals surface area contributed by atoms with Crippen LogP contribution in [0.25, 0.3) is 0 Å². The van der Waals surface area contributed by atoms with Crippen molar-refractivity contribution in [3.8, 4) is 5.75 Å². The molecule has 2 aromatic rings. The smallest absolute Gasteiger partial charge is 0.123 e. The zero-order chi connectivity index (χ0) is 14.4. The first-order valence-electron chi connectivity index (χ1n) is 6.77. The van der Waals surface area contributed by atoms with E-state index in [1.165, 1.54) is 0 Å². The molecule has 0 aliphatic carbocycles. The third-order valence-corrected chi connectivity index (χ3v) is 3.33. The largest absolute Gasteiger partial charge is 0.496 e. The summed E-state index contributed by atoms with van der Waals surface area (Å²) < 4.78 is 7.49. The van der Waals surface area contributed by atoms with Gasteiger partial charge >= 0.3 is 0 Å². The maximum absolute atomic E-state index is 6.06. The van der Waals surface area contributed by atoms with Gasteiger partial charge < -0.3 is 14.6 Å². The molecule has 0 amide bonds. The van der Waals surface area contributed by atoms with Crippen LogP contribution in [-0.2, 0) is 13.1 Å². The molecule has 1 N–H and O–H groups in total. The minimum Gasteiger partial charge on any atom is -0.496 e. The van der Waals surface area contributed by atoms with E-state index >= 15 is 0 Å². The molecule has 0 bridgehead atoms. The highest BCUT2D eigenvalue weighted by molar-refractivity contribution is 6.30. The van der Waals surface area contributed by atoms with Crippen LogP contribution in [0.3, 0.4) is 0 Å². The molecule has 0 saturated carbocycles. The molecule has 0 saturated heterocycles. The van der Waals surface area contributed by atoms with Crippen LogP contribution >= 0.6 is 11.6 Å². The fourth-order valence-electron chi connectivity index (χ4n) is 2.08. The molecule has 5 heteroatoms. The van der Waals surface area contributed by atoms with Crippen molar-refractivity contribution in [3.63, 3.8) is 0 Å². The van der Waals surface area contributed by atoms with Gasteiger partial charge in [-0.1, -0.05) is 18.5 Å². The fourth-order valence-corrected chi connectivity index (χ4v) is 2.28. The van der Waals surface area contributed by atoms with E-state index in [9.17, 15) is 0 Å². The molecule has 1 heterocycles. The Morgan fingerprint density at radius 3 is 3.00 bits per heavy atom. The Labute approximate surface area is 124 Å². The van der Waals surface area contributed by atoms with E-state index in [0.29, 0.717) is 11.6 Å². The lowest BCUT2D eigenvalue weighted by atomic mass is 10.2. The normalized spacial score (nSPS) is 10.8. The van der Waals surface area contributed by atoms with Gasteiger partial charge in [-0.3, -0.25) is 0 Å². The van der Waals surface area contributed by atoms with Crippen molar-refractivity contribution in [2.75, 3.05) is 13.7 Å². The minimum atomic E-state index is 0.701. The second-order valence-electron chi connectivity index (χ2n) is 4.60. The van der Waals surface area contributed by atoms with Crippen molar-refractivity contribution < 1.29 is 4.74 Å². The van der Waals surface area contributed by atoms with Crippen molar-refractivity contribution in [1.82, 2.24) is 14.9 Å². The van der Waals surface area contributed by atoms with Crippen LogP contribution in [0.2, 0.25) is 5.02 Å². The monoisotopic (exact) mass is 293 g/mol. The molecule has 20 heavy (non-hydrogen) atoms. The van der Waals surface area contributed by atoms with E-state index in [1.807, 2.05) is 30.6 Å². The third kappa shape index (κ3) is 3.74. The zero-order valence-corrected chi connectivity index (χ0v) is 12.7. The average molecular weight is 294 g/mol. The molecule has 0 unspecified atom stereocenters. The van der Waals surface area contributed by atoms with Gasteiger partial charge in [-0.2, -0.15) is 0 Å². The first kappa shape index (κ1) is 14.9. The Morgan fingerprint density at radius 2 is 2.25 bits per heavy atom. The van der Waals surface area contributed by atoms with Gasteiger partial charge in [0.2, 0.25) is 0 Å². The summed E-state index contributed by atoms with van der Waals surface area (Å²) in [5, 5.41) is 4.08. The van der Waals surface area contributed by atoms with Crippen LogP contribution in [0, 0.1) is 0 Å². The van der Waals surface area contributed by atoms with Crippen LogP contribution in [-0.4, -0.2) is 23.2 Å². The number of rotatable bonds is 7. The standard InChI is InChI=1S/C15H20ClN3O/c1-3-6-17-10-15-18-7-8-19(15)11-12-9-13(16)4-5-14(12)20-2/h4-5,7-9,17H,3,6,10-11H2,1-2H3. The number of hydrogen-bond donors (Lipinski definition) is 1. The summed E-state index contributed by atoms with van der Waals surface area (Å²) in [5.41, 5.74) is 1.05. The van der Waals surface area contributed by atoms with Gasteiger partial charge in [-0.05, 0) is 31.2 Å². The van der Waals surface area contributed by atoms with Crippen LogP contribution in [0.15, 0.2) is 30.6 Å². The topological polar surface area (TPSA) is 39.1 Å². The van der Waals surface area contributed by atoms with Crippen molar-refractivity contribution in [1.29, 1.82) is 0 Å². The number of aromatic nitrogens is 2. The number of halogens is 1. The Morgan fingerprint density at radius 1 is 1.40 bits per heavy atom. The van der Waals surface area contributed by atoms with E-state index in [-0.39, 0.29) is 0 Å². The maximum Gasteiger partial charge on any atom is 0.123 e. The van der Waals surface area contributed by atoms with Crippen LogP contribution in [0.5, 0.6) is 5.75 Å². The summed E-state index contributed by atoms with van der Waals surface area (Å²) in [5.74, 6) is 1.86. The van der Waals surface area contributed by atoms with E-state index in [1.54, 1.807) is 7.11 Å². The molecule has 0 fully saturated rings. The zero-order valence-electron chi connectivity index (χ0n) is 11.9. The van der Waals surface area contributed by atoms with Gasteiger partial charge in [0.1, 0.15) is 11.6 Å². The molecule has 4 nitrogen and oxygen atoms in total. The average Bonchev–Trinajstić information content (AvgIpc) is 2.87. The lowest BCUT2D eigenvalue weighted by Crippen LogP contribution is -2.18. The number of hydrogen-bond acceptors (Lipinski definition) is 3. The Hall–Kier alpha value is -1.52. The number of nitrogens with zero attached hydrogens (tertiary/aromatic N) is 2. The molecule has 1 aromatic heterocycles. The number of methoxy groups -OCH3 is 1. The molecular weight excluding hydrogens is 274 g/mol. The summed E-state index contributed by atoms with van der Waals surface area (Å²) in [7, 11) is 1.67. The first-order valence-corrected chi connectivity index (χ1v) is 7.15. The second-order valence-corrected chi connectivity index (χ2v) is 5.04. The van der Waals surface area contributed by atoms with E-state index < -0.39 is 0 Å². The molecular formula is C15H20ClN3O. The Kier molecular flexibility index (Phi) is 5.44. The molecule has 0 spiro atoms. The number of ether oxygens (including phenoxy) is 1. The third-order valence-electron chi connectivity index (χ3n) is 3.09. The number of imidazole rings is 1. The van der Waals surface area contributed by atoms with Gasteiger partial charge in [-0.15, -0.1) is 0 Å². The van der Waals surface area contributed by atoms with Crippen LogP contribution < -0.4 is 10.1 Å². The molecule has 1 aromatic carbocycles. The van der Waals surface area contributed by atoms with Crippen molar-refractivity contribution >= 4 is 11.6 Å². The quantitative estimate of drug-likeness (QED) is 0.797. The number of nitrogens with one attached hydrogen (secondary N) is 1. The predicted molar refractivity (Wildman–Crippen MR) is 81.3 cm³/mol. The van der Waals surface area contributed by atoms with Gasteiger partial charge in [0.05, 0.1) is 20.2 Å². The second kappa shape index (κ2) is 7.31. The Balaban J connectivity index is 2.14. The SMILES string of the molecule is CCCNCc1nccn1Cc1cc(Cl)ccc1OC. The van der Waals surface area contributed by atoms with Gasteiger partial charge in [0.25, 0.3) is 0 Å². The predicted octanol–water partition coefficient (Wildman–Crippen LogP) is 3.09. The lowest BCUT2D eigenvalue weighted by molar-refractivity contribution is 0.408. The fraction of sp³-hybridized carbons (Fsp3) is 0.400. The first-order chi connectivity index (χ1) is 9.74. The van der Waals surface area contributed by atoms with E-state index in [4.69, 9.17) is 16.3 Å². The Bertz CT molecular complexity index is 554. The molecule has 108 valence electrons. The van der Waals surface area contributed by atoms with Crippen molar-refractivity contribution in [2.24, 2.45) is 0 Å². The van der Waals surface area contributed by atoms with Gasteiger partial charge in [0, 0.05) is 23.0 Å². The molecule has 0 aliphatic rings. The van der Waals surface area contributed by atoms with E-state index in [2.05, 4.69) is 21.8 Å². The summed E-state index contributed by atoms with van der Waals surface area (Å²) in [6.45, 7) is 4.61. The van der Waals surface area contributed by atoms with Crippen molar-refractivity contribution in [2.45, 2.75) is 26.4 Å². The van der Waals surface area contributed by atoms with Gasteiger partial charge in [0.15, 0.2) is 0 Å². The minimum absolute atomic E-state index is 0.701. The summed E-state index contributed by atoms with van der Waals surface area (Å²) in [6.07, 6.45) is 4.91. The summed E-state index contributed by atoms with van der Waals surface area (Å²) in [6, 6.07) is 5.66. The highest BCUT2D eigenvalue weighted by atomic mass is 35.5. The van der Waals surface area contributed by atoms with Crippen molar-refractivity contribution in [3.05, 3.63) is 47.0 Å². The van der Waals surface area contributed by atoms with Crippen LogP contribution in [0.1, 0.15) is 24.7 Å². The summed E-state index contributed by atoms with van der Waals surface area (Å²) in [4.78, 5) is 4.39. The molecule has 0 aliphatic heterocycles.